The van der Waals surface area contributed by atoms with Crippen molar-refractivity contribution in [3.05, 3.63) is 49.1 Å². The van der Waals surface area contributed by atoms with Gasteiger partial charge in [-0.05, 0) is 36.0 Å². The molecule has 0 heterocycles. The molecule has 0 aliphatic rings. The summed E-state index contributed by atoms with van der Waals surface area (Å²) in [7, 11) is 1.48. The third-order valence-corrected chi connectivity index (χ3v) is 3.12. The van der Waals surface area contributed by atoms with E-state index in [0.717, 1.165) is 47.1 Å². The topological polar surface area (TPSA) is 41.0 Å². The van der Waals surface area contributed by atoms with Crippen LogP contribution in [0.3, 0.4) is 0 Å². The molecule has 0 N–H and O–H groups in total. The van der Waals surface area contributed by atoms with Crippen LogP contribution in [0.2, 0.25) is 0 Å². The lowest BCUT2D eigenvalue weighted by atomic mass is 9.89. The van der Waals surface area contributed by atoms with E-state index in [2.05, 4.69) is 42.1 Å². The molecule has 0 radical (unpaired) electrons. The molecule has 1 aromatic carbocycles. The summed E-state index contributed by atoms with van der Waals surface area (Å²) < 4.78 is 0. The Kier molecular flexibility index (Phi) is 5.70. The van der Waals surface area contributed by atoms with Crippen LogP contribution in [-0.4, -0.2) is 7.11 Å². The summed E-state index contributed by atoms with van der Waals surface area (Å²) in [5, 5.41) is 17.1. The van der Waals surface area contributed by atoms with E-state index in [1.807, 2.05) is 6.92 Å². The van der Waals surface area contributed by atoms with Gasteiger partial charge in [-0.1, -0.05) is 26.8 Å². The lowest BCUT2D eigenvalue weighted by Crippen LogP contribution is -2.03. The molecular formula is C15H19N2O2+. The van der Waals surface area contributed by atoms with Crippen molar-refractivity contribution in [2.75, 3.05) is 7.11 Å². The van der Waals surface area contributed by atoms with E-state index in [9.17, 15) is 5.21 Å². The van der Waals surface area contributed by atoms with E-state index in [1.54, 1.807) is 0 Å². The Hall–Kier alpha value is -2.20. The predicted octanol–water partition coefficient (Wildman–Crippen LogP) is 3.80. The standard InChI is InChI=1S/C15H19N2O2/c1-5-11-8-12(6-2)15(10-17-19-4)13(7-3)14(11)9-16-18/h8H,5-7H2,1-4H3/q+1. The zero-order valence-electron chi connectivity index (χ0n) is 11.9. The smallest absolute Gasteiger partial charge is 0.389 e. The SMILES string of the molecule is CCc1cc(CC)c(C#[N+]OC)c(CC)c1C#[N+][O-]. The predicted molar refractivity (Wildman–Crippen MR) is 77.7 cm³/mol. The van der Waals surface area contributed by atoms with E-state index in [0.29, 0.717) is 0 Å². The Labute approximate surface area is 114 Å². The minimum Gasteiger partial charge on any atom is -0.498 e. The summed E-state index contributed by atoms with van der Waals surface area (Å²) in [6, 6.07) is 7.53. The first-order chi connectivity index (χ1) is 9.23. The molecule has 4 heteroatoms. The van der Waals surface area contributed by atoms with Gasteiger partial charge in [0.2, 0.25) is 5.01 Å². The van der Waals surface area contributed by atoms with Gasteiger partial charge in [-0.2, -0.15) is 4.84 Å². The zero-order valence-corrected chi connectivity index (χ0v) is 11.9. The van der Waals surface area contributed by atoms with Gasteiger partial charge < -0.3 is 5.21 Å². The Morgan fingerprint density at radius 1 is 1.05 bits per heavy atom. The molecule has 0 aliphatic carbocycles. The molecule has 0 amide bonds. The van der Waals surface area contributed by atoms with Gasteiger partial charge in [-0.3, -0.25) is 0 Å². The molecule has 0 fully saturated rings. The number of hydrogen-bond acceptors (Lipinski definition) is 2. The van der Waals surface area contributed by atoms with E-state index in [1.165, 1.54) is 7.11 Å². The largest absolute Gasteiger partial charge is 0.498 e. The number of aryl methyl sites for hydroxylation is 2. The Bertz CT molecular complexity index is 572. The van der Waals surface area contributed by atoms with Gasteiger partial charge in [0.05, 0.1) is 0 Å². The normalized spacial score (nSPS) is 9.05. The first-order valence-corrected chi connectivity index (χ1v) is 6.48. The quantitative estimate of drug-likeness (QED) is 0.775. The molecule has 1 aromatic rings. The molecule has 0 spiro atoms. The van der Waals surface area contributed by atoms with Gasteiger partial charge in [0.15, 0.2) is 7.11 Å². The number of hydrogen-bond donors (Lipinski definition) is 0. The summed E-state index contributed by atoms with van der Waals surface area (Å²) in [5.41, 5.74) is 4.88. The number of nitrogens with zero attached hydrogens (tertiary/aromatic N) is 2. The lowest BCUT2D eigenvalue weighted by molar-refractivity contribution is 0.330. The maximum atomic E-state index is 10.6. The maximum absolute atomic E-state index is 10.6. The van der Waals surface area contributed by atoms with Crippen molar-refractivity contribution < 1.29 is 4.84 Å². The fourth-order valence-corrected chi connectivity index (χ4v) is 2.19. The lowest BCUT2D eigenvalue weighted by Gasteiger charge is -2.09. The van der Waals surface area contributed by atoms with Crippen LogP contribution in [0.25, 0.3) is 10.0 Å². The fourth-order valence-electron chi connectivity index (χ4n) is 2.19. The first-order valence-electron chi connectivity index (χ1n) is 6.48. The second kappa shape index (κ2) is 7.28. The molecule has 0 bridgehead atoms. The van der Waals surface area contributed by atoms with Gasteiger partial charge in [0.1, 0.15) is 11.1 Å². The molecule has 100 valence electrons. The van der Waals surface area contributed by atoms with Gasteiger partial charge in [-0.15, -0.1) is 0 Å². The van der Waals surface area contributed by atoms with Gasteiger partial charge in [-0.25, -0.2) is 0 Å². The van der Waals surface area contributed by atoms with Crippen LogP contribution in [0.15, 0.2) is 6.07 Å². The van der Waals surface area contributed by atoms with E-state index in [4.69, 9.17) is 4.84 Å². The number of benzene rings is 1. The highest BCUT2D eigenvalue weighted by molar-refractivity contribution is 5.58. The molecule has 0 saturated heterocycles. The van der Waals surface area contributed by atoms with Crippen molar-refractivity contribution in [1.29, 1.82) is 0 Å². The third-order valence-electron chi connectivity index (χ3n) is 3.12. The first kappa shape index (κ1) is 14.9. The molecule has 0 aromatic heterocycles. The summed E-state index contributed by atoms with van der Waals surface area (Å²) in [5.74, 6) is 0. The third kappa shape index (κ3) is 3.17. The monoisotopic (exact) mass is 259 g/mol. The van der Waals surface area contributed by atoms with Gasteiger partial charge in [0, 0.05) is 5.01 Å². The van der Waals surface area contributed by atoms with Crippen molar-refractivity contribution in [1.82, 2.24) is 0 Å². The minimum atomic E-state index is 0.764. The minimum absolute atomic E-state index is 0.764. The molecule has 4 nitrogen and oxygen atoms in total. The van der Waals surface area contributed by atoms with Crippen molar-refractivity contribution in [3.63, 3.8) is 0 Å². The molecule has 0 unspecified atom stereocenters. The Morgan fingerprint density at radius 3 is 2.05 bits per heavy atom. The molecule has 1 rings (SSSR count). The molecular weight excluding hydrogens is 240 g/mol. The van der Waals surface area contributed by atoms with Crippen LogP contribution >= 0.6 is 0 Å². The van der Waals surface area contributed by atoms with E-state index >= 15 is 0 Å². The highest BCUT2D eigenvalue weighted by atomic mass is 16.6. The van der Waals surface area contributed by atoms with Crippen LogP contribution in [0.1, 0.15) is 48.6 Å². The van der Waals surface area contributed by atoms with Gasteiger partial charge in [0.25, 0.3) is 0 Å². The van der Waals surface area contributed by atoms with Crippen LogP contribution in [0.4, 0.5) is 0 Å². The van der Waals surface area contributed by atoms with Crippen LogP contribution in [0, 0.1) is 17.3 Å². The van der Waals surface area contributed by atoms with E-state index < -0.39 is 0 Å². The number of rotatable bonds is 3. The summed E-state index contributed by atoms with van der Waals surface area (Å²) in [4.78, 5) is 4.71. The Morgan fingerprint density at radius 2 is 1.63 bits per heavy atom. The zero-order chi connectivity index (χ0) is 14.3. The van der Waals surface area contributed by atoms with Gasteiger partial charge >= 0.3 is 12.1 Å². The van der Waals surface area contributed by atoms with Crippen molar-refractivity contribution >= 4 is 0 Å². The second-order valence-corrected chi connectivity index (χ2v) is 4.07. The molecule has 0 saturated carbocycles. The maximum Gasteiger partial charge on any atom is 0.389 e. The Balaban J connectivity index is 3.66. The average Bonchev–Trinajstić information content (AvgIpc) is 2.45. The average molecular weight is 259 g/mol. The van der Waals surface area contributed by atoms with E-state index in [-0.39, 0.29) is 0 Å². The summed E-state index contributed by atoms with van der Waals surface area (Å²) >= 11 is 0. The highest BCUT2D eigenvalue weighted by Crippen LogP contribution is 2.24. The van der Waals surface area contributed by atoms with Crippen molar-refractivity contribution in [2.45, 2.75) is 40.0 Å². The molecule has 19 heavy (non-hydrogen) atoms. The summed E-state index contributed by atoms with van der Waals surface area (Å²) in [6.07, 6.45) is 2.47. The molecule has 0 atom stereocenters. The van der Waals surface area contributed by atoms with Crippen molar-refractivity contribution in [2.24, 2.45) is 0 Å². The van der Waals surface area contributed by atoms with Crippen LogP contribution < -0.4 is 0 Å². The molecule has 0 aliphatic heterocycles. The summed E-state index contributed by atoms with van der Waals surface area (Å²) in [6.45, 7) is 6.16. The highest BCUT2D eigenvalue weighted by Gasteiger charge is 2.20. The van der Waals surface area contributed by atoms with Crippen molar-refractivity contribution in [3.8, 4) is 12.1 Å². The fraction of sp³-hybridized carbons (Fsp3) is 0.467. The van der Waals surface area contributed by atoms with Crippen LogP contribution in [-0.2, 0) is 24.1 Å². The second-order valence-electron chi connectivity index (χ2n) is 4.07. The van der Waals surface area contributed by atoms with Crippen LogP contribution in [0.5, 0.6) is 0 Å².